The summed E-state index contributed by atoms with van der Waals surface area (Å²) in [5.74, 6) is 0. The first kappa shape index (κ1) is 80.9. The van der Waals surface area contributed by atoms with E-state index in [2.05, 4.69) is 99.7 Å². The molecule has 3 unspecified atom stereocenters. The van der Waals surface area contributed by atoms with Crippen LogP contribution in [0.2, 0.25) is 0 Å². The first-order chi connectivity index (χ1) is 29.7. The SMILES string of the molecule is C=C.C=C.C=C.C=C.C=C.CC(C)(C)/C=C/OOOOOCCOP(=O)([O-])OC(C)(C)C.CC(C)(C)/C=C\OOCCOP(=O)([O-])OC(C)(C)C.CC(C)(C)CCOP(=O)([O-])OC(C)(C)C. The molecule has 0 N–H and O–H groups in total. The molecule has 66 heavy (non-hydrogen) atoms. The van der Waals surface area contributed by atoms with Gasteiger partial charge in [-0.15, -0.1) is 65.8 Å². The summed E-state index contributed by atoms with van der Waals surface area (Å²) >= 11 is 0. The molecule has 22 heteroatoms. The van der Waals surface area contributed by atoms with Crippen molar-refractivity contribution in [3.05, 3.63) is 90.5 Å². The van der Waals surface area contributed by atoms with E-state index in [1.54, 1.807) is 68.4 Å². The van der Waals surface area contributed by atoms with Crippen LogP contribution in [0.1, 0.15) is 131 Å². The smallest absolute Gasteiger partial charge is 0.268 e. The quantitative estimate of drug-likeness (QED) is 0.0259. The van der Waals surface area contributed by atoms with Crippen molar-refractivity contribution in [3.8, 4) is 0 Å². The van der Waals surface area contributed by atoms with Gasteiger partial charge in [0.05, 0.1) is 36.6 Å². The lowest BCUT2D eigenvalue weighted by Crippen LogP contribution is -2.23. The van der Waals surface area contributed by atoms with E-state index in [1.807, 2.05) is 68.4 Å². The van der Waals surface area contributed by atoms with Crippen molar-refractivity contribution in [2.45, 2.75) is 148 Å². The fraction of sp³-hybridized carbons (Fsp3) is 0.682. The zero-order valence-corrected chi connectivity index (χ0v) is 46.4. The molecule has 0 fully saturated rings. The summed E-state index contributed by atoms with van der Waals surface area (Å²) in [7, 11) is -12.8. The highest BCUT2D eigenvalue weighted by atomic mass is 31.2. The molecule has 0 rings (SSSR count). The molecule has 0 radical (unpaired) electrons. The molecule has 0 amide bonds. The predicted molar refractivity (Wildman–Crippen MR) is 258 cm³/mol. The molecule has 0 spiro atoms. The van der Waals surface area contributed by atoms with Gasteiger partial charge in [0.2, 0.25) is 0 Å². The van der Waals surface area contributed by atoms with Crippen LogP contribution in [0.25, 0.3) is 0 Å². The highest BCUT2D eigenvalue weighted by Gasteiger charge is 2.22. The Bertz CT molecular complexity index is 1310. The van der Waals surface area contributed by atoms with Gasteiger partial charge in [-0.2, -0.15) is 4.89 Å². The van der Waals surface area contributed by atoms with Gasteiger partial charge in [-0.25, -0.2) is 4.89 Å². The lowest BCUT2D eigenvalue weighted by Gasteiger charge is -2.31. The van der Waals surface area contributed by atoms with Crippen molar-refractivity contribution in [2.24, 2.45) is 16.2 Å². The molecular weight excluding hydrogens is 925 g/mol. The highest BCUT2D eigenvalue weighted by molar-refractivity contribution is 7.46. The summed E-state index contributed by atoms with van der Waals surface area (Å²) in [5, 5.41) is 12.2. The van der Waals surface area contributed by atoms with E-state index < -0.39 is 40.3 Å². The lowest BCUT2D eigenvalue weighted by atomic mass is 9.93. The van der Waals surface area contributed by atoms with Crippen molar-refractivity contribution >= 4 is 23.5 Å². The molecule has 0 saturated heterocycles. The Hall–Kier alpha value is -2.09. The van der Waals surface area contributed by atoms with E-state index in [9.17, 15) is 28.4 Å². The largest absolute Gasteiger partial charge is 0.756 e. The van der Waals surface area contributed by atoms with E-state index in [-0.39, 0.29) is 49.3 Å². The van der Waals surface area contributed by atoms with Gasteiger partial charge in [-0.3, -0.25) is 13.7 Å². The second-order valence-electron chi connectivity index (χ2n) is 18.1. The molecule has 0 aromatic heterocycles. The third kappa shape index (κ3) is 88.6. The zero-order valence-electron chi connectivity index (χ0n) is 43.7. The Balaban J connectivity index is -0.000000117. The summed E-state index contributed by atoms with van der Waals surface area (Å²) in [6.07, 6.45) is 6.89. The molecule has 19 nitrogen and oxygen atoms in total. The molecular formula is C44H90O19P3-3. The van der Waals surface area contributed by atoms with Crippen molar-refractivity contribution < 1.29 is 90.2 Å². The molecule has 3 atom stereocenters. The maximum absolute atomic E-state index is 11.3. The summed E-state index contributed by atoms with van der Waals surface area (Å²) in [6.45, 7) is 62.1. The summed E-state index contributed by atoms with van der Waals surface area (Å²) < 4.78 is 62.2. The third-order valence-electron chi connectivity index (χ3n) is 4.55. The van der Waals surface area contributed by atoms with Gasteiger partial charge in [0.15, 0.2) is 0 Å². The van der Waals surface area contributed by atoms with Gasteiger partial charge < -0.3 is 51.6 Å². The van der Waals surface area contributed by atoms with Gasteiger partial charge in [0.1, 0.15) is 25.7 Å². The van der Waals surface area contributed by atoms with Crippen LogP contribution in [0.5, 0.6) is 0 Å². The Kier molecular flexibility index (Phi) is 52.7. The van der Waals surface area contributed by atoms with Gasteiger partial charge in [0, 0.05) is 10.1 Å². The number of phosphoric ester groups is 3. The number of phosphoric acid groups is 3. The van der Waals surface area contributed by atoms with E-state index in [4.69, 9.17) is 27.9 Å². The zero-order chi connectivity index (χ0) is 54.8. The van der Waals surface area contributed by atoms with Crippen LogP contribution < -0.4 is 14.7 Å². The van der Waals surface area contributed by atoms with E-state index >= 15 is 0 Å². The molecule has 398 valence electrons. The van der Waals surface area contributed by atoms with Crippen LogP contribution in [-0.2, 0) is 75.5 Å². The van der Waals surface area contributed by atoms with E-state index in [0.717, 1.165) is 0 Å². The minimum absolute atomic E-state index is 0.00880. The molecule has 0 aromatic carbocycles. The topological polar surface area (TPSA) is 240 Å². The monoisotopic (exact) mass is 1020 g/mol. The number of rotatable bonds is 21. The van der Waals surface area contributed by atoms with Crippen molar-refractivity contribution in [1.82, 2.24) is 0 Å². The molecule has 0 aliphatic rings. The average molecular weight is 1020 g/mol. The van der Waals surface area contributed by atoms with Crippen molar-refractivity contribution in [3.63, 3.8) is 0 Å². The van der Waals surface area contributed by atoms with E-state index in [0.29, 0.717) is 6.42 Å². The summed E-state index contributed by atoms with van der Waals surface area (Å²) in [4.78, 5) is 52.3. The Morgan fingerprint density at radius 3 is 0.970 bits per heavy atom. The van der Waals surface area contributed by atoms with Crippen LogP contribution in [0.3, 0.4) is 0 Å². The average Bonchev–Trinajstić information content (AvgIpc) is 3.12. The molecule has 0 aliphatic heterocycles. The summed E-state index contributed by atoms with van der Waals surface area (Å²) in [6, 6.07) is 0. The standard InChI is InChI=1S/C12H25O9P.C12H25O6P.C10H23O4P.5C2H4/c1-11(2,3)7-8-15-19-21-20-16-9-10-17-22(13,14)18-12(4,5)6;1-11(2,3)7-8-15-16-9-10-17-19(13,14)18-12(4,5)6;1-9(2,3)7-8-13-15(11,12)14-10(4,5)6;5*1-2/h7-8H,9-10H2,1-6H3,(H,13,14);7-8H,9-10H2,1-6H3,(H,13,14);7-8H2,1-6H3,(H,11,12);5*1-2H2/p-3/b8-7+;8-7-;;;;;;. The fourth-order valence-corrected chi connectivity index (χ4v) is 5.65. The Labute approximate surface area is 400 Å². The Morgan fingerprint density at radius 2 is 0.682 bits per heavy atom. The lowest BCUT2D eigenvalue weighted by molar-refractivity contribution is -0.700. The second kappa shape index (κ2) is 43.0. The Morgan fingerprint density at radius 1 is 0.394 bits per heavy atom. The minimum atomic E-state index is -4.39. The molecule has 0 heterocycles. The number of allylic oxidation sites excluding steroid dienone is 2. The van der Waals surface area contributed by atoms with Crippen LogP contribution >= 0.6 is 23.5 Å². The molecule has 0 saturated carbocycles. The molecule has 0 aliphatic carbocycles. The van der Waals surface area contributed by atoms with Gasteiger partial charge in [0.25, 0.3) is 23.5 Å². The van der Waals surface area contributed by atoms with Crippen molar-refractivity contribution in [2.75, 3.05) is 33.0 Å². The van der Waals surface area contributed by atoms with Gasteiger partial charge in [-0.05, 0) is 102 Å². The molecule has 0 aromatic rings. The minimum Gasteiger partial charge on any atom is -0.756 e. The van der Waals surface area contributed by atoms with E-state index in [1.165, 1.54) is 12.5 Å². The number of hydrogen-bond donors (Lipinski definition) is 0. The van der Waals surface area contributed by atoms with Crippen molar-refractivity contribution in [1.29, 1.82) is 0 Å². The highest BCUT2D eigenvalue weighted by Crippen LogP contribution is 2.44. The maximum Gasteiger partial charge on any atom is 0.268 e. The summed E-state index contributed by atoms with van der Waals surface area (Å²) in [5.41, 5.74) is -2.45. The number of hydrogen-bond acceptors (Lipinski definition) is 19. The first-order valence-electron chi connectivity index (χ1n) is 20.1. The van der Waals surface area contributed by atoms with Crippen LogP contribution in [0, 0.1) is 16.2 Å². The normalized spacial score (nSPS) is 14.4. The third-order valence-corrected chi connectivity index (χ3v) is 8.36. The first-order valence-corrected chi connectivity index (χ1v) is 24.5. The maximum atomic E-state index is 11.3. The van der Waals surface area contributed by atoms with Crippen LogP contribution in [-0.4, -0.2) is 49.8 Å². The van der Waals surface area contributed by atoms with Gasteiger partial charge in [-0.1, -0.05) is 62.3 Å². The van der Waals surface area contributed by atoms with Crippen LogP contribution in [0.15, 0.2) is 90.5 Å². The second-order valence-corrected chi connectivity index (χ2v) is 22.1. The van der Waals surface area contributed by atoms with Gasteiger partial charge >= 0.3 is 0 Å². The van der Waals surface area contributed by atoms with Crippen LogP contribution in [0.4, 0.5) is 0 Å². The molecule has 0 bridgehead atoms. The fourth-order valence-electron chi connectivity index (χ4n) is 2.57. The predicted octanol–water partition coefficient (Wildman–Crippen LogP) is 12.1.